The minimum atomic E-state index is 0.866. The Bertz CT molecular complexity index is 151. The molecule has 0 aromatic rings. The highest BCUT2D eigenvalue weighted by Gasteiger charge is 2.31. The van der Waals surface area contributed by atoms with Gasteiger partial charge in [0.15, 0.2) is 0 Å². The number of rotatable bonds is 1. The number of hydrogen-bond acceptors (Lipinski definition) is 1. The Hall–Kier alpha value is -0.0400. The standard InChI is InChI=1S/C12H23N/c1-9-6-10(2)8-11(7-9)12-4-3-5-13-12/h9-13H,3-8H2,1-2H3. The van der Waals surface area contributed by atoms with Gasteiger partial charge in [0, 0.05) is 6.04 Å². The topological polar surface area (TPSA) is 12.0 Å². The van der Waals surface area contributed by atoms with Crippen molar-refractivity contribution in [3.8, 4) is 0 Å². The second kappa shape index (κ2) is 4.00. The third-order valence-corrected chi connectivity index (χ3v) is 3.88. The van der Waals surface area contributed by atoms with Crippen LogP contribution in [-0.4, -0.2) is 12.6 Å². The Morgan fingerprint density at radius 3 is 2.23 bits per heavy atom. The van der Waals surface area contributed by atoms with Crippen molar-refractivity contribution in [2.45, 2.75) is 52.0 Å². The average molecular weight is 181 g/mol. The van der Waals surface area contributed by atoms with Crippen molar-refractivity contribution in [2.24, 2.45) is 17.8 Å². The van der Waals surface area contributed by atoms with E-state index in [0.29, 0.717) is 0 Å². The Morgan fingerprint density at radius 2 is 1.69 bits per heavy atom. The molecule has 13 heavy (non-hydrogen) atoms. The summed E-state index contributed by atoms with van der Waals surface area (Å²) in [6, 6.07) is 0.866. The molecule has 1 heteroatoms. The van der Waals surface area contributed by atoms with Crippen LogP contribution in [0.4, 0.5) is 0 Å². The Labute approximate surface area is 82.3 Å². The summed E-state index contributed by atoms with van der Waals surface area (Å²) < 4.78 is 0. The maximum atomic E-state index is 3.67. The van der Waals surface area contributed by atoms with Crippen LogP contribution in [0.5, 0.6) is 0 Å². The van der Waals surface area contributed by atoms with Gasteiger partial charge in [0.05, 0.1) is 0 Å². The lowest BCUT2D eigenvalue weighted by atomic mass is 9.73. The van der Waals surface area contributed by atoms with Gasteiger partial charge in [-0.05, 0) is 56.4 Å². The highest BCUT2D eigenvalue weighted by Crippen LogP contribution is 2.36. The fourth-order valence-corrected chi connectivity index (χ4v) is 3.45. The minimum absolute atomic E-state index is 0.866. The molecule has 0 spiro atoms. The van der Waals surface area contributed by atoms with Gasteiger partial charge in [-0.2, -0.15) is 0 Å². The molecule has 3 unspecified atom stereocenters. The molecule has 1 aliphatic heterocycles. The molecular formula is C12H23N. The van der Waals surface area contributed by atoms with Gasteiger partial charge < -0.3 is 5.32 Å². The molecule has 76 valence electrons. The molecule has 1 heterocycles. The SMILES string of the molecule is CC1CC(C)CC(C2CCCN2)C1. The summed E-state index contributed by atoms with van der Waals surface area (Å²) >= 11 is 0. The van der Waals surface area contributed by atoms with E-state index in [2.05, 4.69) is 19.2 Å². The molecule has 0 radical (unpaired) electrons. The van der Waals surface area contributed by atoms with Crippen molar-refractivity contribution in [1.29, 1.82) is 0 Å². The highest BCUT2D eigenvalue weighted by molar-refractivity contribution is 4.86. The van der Waals surface area contributed by atoms with Gasteiger partial charge in [-0.3, -0.25) is 0 Å². The zero-order chi connectivity index (χ0) is 9.26. The molecule has 0 amide bonds. The average Bonchev–Trinajstić information content (AvgIpc) is 2.53. The van der Waals surface area contributed by atoms with Crippen molar-refractivity contribution < 1.29 is 0 Å². The molecule has 1 saturated carbocycles. The molecular weight excluding hydrogens is 158 g/mol. The second-order valence-electron chi connectivity index (χ2n) is 5.38. The molecule has 1 nitrogen and oxygen atoms in total. The largest absolute Gasteiger partial charge is 0.314 e. The quantitative estimate of drug-likeness (QED) is 0.656. The Balaban J connectivity index is 1.90. The van der Waals surface area contributed by atoms with E-state index in [1.54, 1.807) is 0 Å². The van der Waals surface area contributed by atoms with E-state index < -0.39 is 0 Å². The summed E-state index contributed by atoms with van der Waals surface area (Å²) in [5.74, 6) is 2.92. The van der Waals surface area contributed by atoms with Crippen LogP contribution in [0.15, 0.2) is 0 Å². The number of hydrogen-bond donors (Lipinski definition) is 1. The monoisotopic (exact) mass is 181 g/mol. The lowest BCUT2D eigenvalue weighted by Crippen LogP contribution is -2.35. The van der Waals surface area contributed by atoms with Gasteiger partial charge in [0.25, 0.3) is 0 Å². The summed E-state index contributed by atoms with van der Waals surface area (Å²) in [5, 5.41) is 3.67. The molecule has 0 bridgehead atoms. The van der Waals surface area contributed by atoms with Crippen LogP contribution < -0.4 is 5.32 Å². The molecule has 0 aromatic carbocycles. The predicted octanol–water partition coefficient (Wildman–Crippen LogP) is 2.81. The smallest absolute Gasteiger partial charge is 0.00959 e. The third-order valence-electron chi connectivity index (χ3n) is 3.88. The molecule has 1 N–H and O–H groups in total. The van der Waals surface area contributed by atoms with Crippen molar-refractivity contribution in [1.82, 2.24) is 5.32 Å². The van der Waals surface area contributed by atoms with Crippen molar-refractivity contribution >= 4 is 0 Å². The van der Waals surface area contributed by atoms with Gasteiger partial charge in [-0.1, -0.05) is 13.8 Å². The van der Waals surface area contributed by atoms with Crippen LogP contribution in [0.2, 0.25) is 0 Å². The van der Waals surface area contributed by atoms with Gasteiger partial charge >= 0.3 is 0 Å². The van der Waals surface area contributed by atoms with E-state index in [1.807, 2.05) is 0 Å². The minimum Gasteiger partial charge on any atom is -0.314 e. The predicted molar refractivity (Wildman–Crippen MR) is 56.7 cm³/mol. The van der Waals surface area contributed by atoms with Gasteiger partial charge in [-0.15, -0.1) is 0 Å². The van der Waals surface area contributed by atoms with E-state index in [-0.39, 0.29) is 0 Å². The molecule has 0 aromatic heterocycles. The van der Waals surface area contributed by atoms with Crippen LogP contribution in [0.3, 0.4) is 0 Å². The van der Waals surface area contributed by atoms with E-state index >= 15 is 0 Å². The lowest BCUT2D eigenvalue weighted by Gasteiger charge is -2.35. The van der Waals surface area contributed by atoms with E-state index in [4.69, 9.17) is 0 Å². The first-order valence-corrected chi connectivity index (χ1v) is 5.99. The summed E-state index contributed by atoms with van der Waals surface area (Å²) in [6.45, 7) is 6.12. The van der Waals surface area contributed by atoms with Crippen LogP contribution in [0.1, 0.15) is 46.0 Å². The van der Waals surface area contributed by atoms with E-state index in [0.717, 1.165) is 23.8 Å². The van der Waals surface area contributed by atoms with E-state index in [1.165, 1.54) is 38.6 Å². The summed E-state index contributed by atoms with van der Waals surface area (Å²) in [4.78, 5) is 0. The maximum absolute atomic E-state index is 3.67. The molecule has 1 aliphatic carbocycles. The first kappa shape index (κ1) is 9.51. The first-order valence-electron chi connectivity index (χ1n) is 5.99. The lowest BCUT2D eigenvalue weighted by molar-refractivity contribution is 0.184. The molecule has 3 atom stereocenters. The Kier molecular flexibility index (Phi) is 2.92. The van der Waals surface area contributed by atoms with Gasteiger partial charge in [-0.25, -0.2) is 0 Å². The zero-order valence-electron chi connectivity index (χ0n) is 9.05. The van der Waals surface area contributed by atoms with Gasteiger partial charge in [0.2, 0.25) is 0 Å². The van der Waals surface area contributed by atoms with Crippen LogP contribution in [-0.2, 0) is 0 Å². The normalized spacial score (nSPS) is 46.6. The van der Waals surface area contributed by atoms with Crippen molar-refractivity contribution in [3.05, 3.63) is 0 Å². The maximum Gasteiger partial charge on any atom is 0.00959 e. The Morgan fingerprint density at radius 1 is 1.00 bits per heavy atom. The zero-order valence-corrected chi connectivity index (χ0v) is 9.05. The van der Waals surface area contributed by atoms with Crippen molar-refractivity contribution in [2.75, 3.05) is 6.54 Å². The van der Waals surface area contributed by atoms with Gasteiger partial charge in [0.1, 0.15) is 0 Å². The van der Waals surface area contributed by atoms with Crippen molar-refractivity contribution in [3.63, 3.8) is 0 Å². The highest BCUT2D eigenvalue weighted by atomic mass is 14.9. The first-order chi connectivity index (χ1) is 6.25. The fourth-order valence-electron chi connectivity index (χ4n) is 3.45. The summed E-state index contributed by atoms with van der Waals surface area (Å²) in [5.41, 5.74) is 0. The van der Waals surface area contributed by atoms with Crippen LogP contribution >= 0.6 is 0 Å². The van der Waals surface area contributed by atoms with Crippen LogP contribution in [0.25, 0.3) is 0 Å². The summed E-state index contributed by atoms with van der Waals surface area (Å²) in [7, 11) is 0. The molecule has 1 saturated heterocycles. The summed E-state index contributed by atoms with van der Waals surface area (Å²) in [6.07, 6.45) is 7.25. The second-order valence-corrected chi connectivity index (χ2v) is 5.38. The molecule has 2 aliphatic rings. The van der Waals surface area contributed by atoms with E-state index in [9.17, 15) is 0 Å². The molecule has 2 rings (SSSR count). The number of nitrogens with one attached hydrogen (secondary N) is 1. The fraction of sp³-hybridized carbons (Fsp3) is 1.00. The third kappa shape index (κ3) is 2.25. The molecule has 2 fully saturated rings. The van der Waals surface area contributed by atoms with Crippen LogP contribution in [0, 0.1) is 17.8 Å².